The third-order valence-electron chi connectivity index (χ3n) is 1.11. The van der Waals surface area contributed by atoms with Crippen LogP contribution in [0.5, 0.6) is 0 Å². The number of hydrogen-bond acceptors (Lipinski definition) is 6. The van der Waals surface area contributed by atoms with Gasteiger partial charge in [0.25, 0.3) is 0 Å². The van der Waals surface area contributed by atoms with E-state index < -0.39 is 15.8 Å². The summed E-state index contributed by atoms with van der Waals surface area (Å²) in [6.07, 6.45) is 1.09. The Hall–Kier alpha value is -1.46. The summed E-state index contributed by atoms with van der Waals surface area (Å²) in [5.41, 5.74) is 0. The lowest BCUT2D eigenvalue weighted by Gasteiger charge is -1.97. The summed E-state index contributed by atoms with van der Waals surface area (Å²) in [4.78, 5) is 3.59. The van der Waals surface area contributed by atoms with Gasteiger partial charge in [0.05, 0.1) is 12.6 Å². The van der Waals surface area contributed by atoms with E-state index in [-0.39, 0.29) is 12.4 Å². The van der Waals surface area contributed by atoms with Crippen LogP contribution in [0.2, 0.25) is 0 Å². The number of nitrogens with zero attached hydrogens (tertiary/aromatic N) is 3. The lowest BCUT2D eigenvalue weighted by molar-refractivity contribution is 0.409. The Morgan fingerprint density at radius 3 is 3.00 bits per heavy atom. The highest BCUT2D eigenvalue weighted by Crippen LogP contribution is 1.89. The number of nitrogens with one attached hydrogen (secondary N) is 1. The Labute approximate surface area is 74.4 Å². The molecule has 0 bridgehead atoms. The molecule has 0 saturated heterocycles. The molecular formula is C5H6N4O3S. The monoisotopic (exact) mass is 202 g/mol. The standard InChI is InChI=1S/C5H6N4O3S/c6-1-2-13(10,11)8-3-5-7-4-12-9-5/h4,8H,2-3H2. The number of aromatic nitrogens is 2. The first-order valence-electron chi connectivity index (χ1n) is 3.23. The number of sulfonamides is 1. The van der Waals surface area contributed by atoms with E-state index in [1.54, 1.807) is 0 Å². The van der Waals surface area contributed by atoms with Crippen LogP contribution >= 0.6 is 0 Å². The van der Waals surface area contributed by atoms with Crippen LogP contribution in [-0.2, 0) is 16.6 Å². The maximum atomic E-state index is 10.9. The fourth-order valence-electron chi connectivity index (χ4n) is 0.581. The van der Waals surface area contributed by atoms with E-state index in [0.717, 1.165) is 6.39 Å². The molecule has 7 nitrogen and oxygen atoms in total. The average Bonchev–Trinajstić information content (AvgIpc) is 2.52. The van der Waals surface area contributed by atoms with Gasteiger partial charge in [-0.3, -0.25) is 0 Å². The van der Waals surface area contributed by atoms with Gasteiger partial charge >= 0.3 is 0 Å². The van der Waals surface area contributed by atoms with E-state index in [1.165, 1.54) is 6.07 Å². The minimum absolute atomic E-state index is 0.0689. The summed E-state index contributed by atoms with van der Waals surface area (Å²) in [6.45, 7) is -0.0689. The van der Waals surface area contributed by atoms with E-state index in [9.17, 15) is 8.42 Å². The molecule has 1 rings (SSSR count). The minimum Gasteiger partial charge on any atom is -0.343 e. The first-order valence-corrected chi connectivity index (χ1v) is 4.89. The van der Waals surface area contributed by atoms with Crippen molar-refractivity contribution in [2.24, 2.45) is 0 Å². The number of hydrogen-bond donors (Lipinski definition) is 1. The van der Waals surface area contributed by atoms with Gasteiger partial charge < -0.3 is 4.52 Å². The zero-order chi connectivity index (χ0) is 9.73. The van der Waals surface area contributed by atoms with Gasteiger partial charge in [0.15, 0.2) is 11.6 Å². The average molecular weight is 202 g/mol. The fraction of sp³-hybridized carbons (Fsp3) is 0.400. The van der Waals surface area contributed by atoms with Crippen LogP contribution in [0, 0.1) is 11.3 Å². The molecule has 13 heavy (non-hydrogen) atoms. The Morgan fingerprint density at radius 2 is 2.46 bits per heavy atom. The quantitative estimate of drug-likeness (QED) is 0.671. The molecule has 0 radical (unpaired) electrons. The molecule has 0 aliphatic rings. The van der Waals surface area contributed by atoms with Gasteiger partial charge in [-0.2, -0.15) is 10.2 Å². The third-order valence-corrected chi connectivity index (χ3v) is 2.21. The highest BCUT2D eigenvalue weighted by atomic mass is 32.2. The maximum absolute atomic E-state index is 10.9. The molecule has 0 aromatic carbocycles. The molecule has 0 unspecified atom stereocenters. The summed E-state index contributed by atoms with van der Waals surface area (Å²) < 4.78 is 28.3. The zero-order valence-electron chi connectivity index (χ0n) is 6.47. The van der Waals surface area contributed by atoms with Crippen molar-refractivity contribution in [2.75, 3.05) is 5.75 Å². The van der Waals surface area contributed by atoms with Crippen molar-refractivity contribution in [3.05, 3.63) is 12.2 Å². The lowest BCUT2D eigenvalue weighted by atomic mass is 10.6. The van der Waals surface area contributed by atoms with Crippen LogP contribution in [0.3, 0.4) is 0 Å². The molecule has 1 aromatic rings. The molecule has 0 saturated carbocycles. The molecule has 0 amide bonds. The molecule has 0 aliphatic carbocycles. The van der Waals surface area contributed by atoms with E-state index in [0.29, 0.717) is 0 Å². The van der Waals surface area contributed by atoms with Crippen molar-refractivity contribution < 1.29 is 12.9 Å². The summed E-state index contributed by atoms with van der Waals surface area (Å²) in [5, 5.41) is 11.5. The molecule has 0 fully saturated rings. The first kappa shape index (κ1) is 9.63. The Bertz CT molecular complexity index is 390. The SMILES string of the molecule is N#CCS(=O)(=O)NCc1ncon1. The van der Waals surface area contributed by atoms with Gasteiger partial charge in [-0.05, 0) is 0 Å². The van der Waals surface area contributed by atoms with Gasteiger partial charge in [0, 0.05) is 0 Å². The van der Waals surface area contributed by atoms with Crippen LogP contribution in [0.4, 0.5) is 0 Å². The van der Waals surface area contributed by atoms with Gasteiger partial charge in [-0.25, -0.2) is 13.1 Å². The van der Waals surface area contributed by atoms with Crippen molar-refractivity contribution >= 4 is 10.0 Å². The molecule has 1 N–H and O–H groups in total. The maximum Gasteiger partial charge on any atom is 0.225 e. The second kappa shape index (κ2) is 3.97. The van der Waals surface area contributed by atoms with Crippen molar-refractivity contribution in [3.8, 4) is 6.07 Å². The Morgan fingerprint density at radius 1 is 1.69 bits per heavy atom. The van der Waals surface area contributed by atoms with Crippen LogP contribution < -0.4 is 4.72 Å². The minimum atomic E-state index is -3.54. The Kier molecular flexibility index (Phi) is 2.94. The number of nitriles is 1. The third kappa shape index (κ3) is 3.18. The highest BCUT2D eigenvalue weighted by Gasteiger charge is 2.09. The summed E-state index contributed by atoms with van der Waals surface area (Å²) in [5.74, 6) is -0.355. The summed E-state index contributed by atoms with van der Waals surface area (Å²) in [6, 6.07) is 1.52. The topological polar surface area (TPSA) is 109 Å². The molecule has 1 aromatic heterocycles. The van der Waals surface area contributed by atoms with Crippen LogP contribution in [0.15, 0.2) is 10.9 Å². The molecule has 0 atom stereocenters. The summed E-state index contributed by atoms with van der Waals surface area (Å²) in [7, 11) is -3.54. The molecule has 0 spiro atoms. The normalized spacial score (nSPS) is 11.0. The van der Waals surface area contributed by atoms with Crippen LogP contribution in [0.25, 0.3) is 0 Å². The highest BCUT2D eigenvalue weighted by molar-refractivity contribution is 7.89. The summed E-state index contributed by atoms with van der Waals surface area (Å²) >= 11 is 0. The van der Waals surface area contributed by atoms with E-state index in [2.05, 4.69) is 19.4 Å². The molecule has 70 valence electrons. The second-order valence-corrected chi connectivity index (χ2v) is 3.89. The second-order valence-electron chi connectivity index (χ2n) is 2.09. The van der Waals surface area contributed by atoms with Crippen molar-refractivity contribution in [1.29, 1.82) is 5.26 Å². The lowest BCUT2D eigenvalue weighted by Crippen LogP contribution is -2.25. The van der Waals surface area contributed by atoms with Crippen molar-refractivity contribution in [1.82, 2.24) is 14.9 Å². The fourth-order valence-corrected chi connectivity index (χ4v) is 1.20. The van der Waals surface area contributed by atoms with Gasteiger partial charge in [0.1, 0.15) is 0 Å². The van der Waals surface area contributed by atoms with E-state index >= 15 is 0 Å². The largest absolute Gasteiger partial charge is 0.343 e. The van der Waals surface area contributed by atoms with Crippen LogP contribution in [0.1, 0.15) is 5.82 Å². The smallest absolute Gasteiger partial charge is 0.225 e. The predicted octanol–water partition coefficient (Wildman–Crippen LogP) is -0.987. The van der Waals surface area contributed by atoms with E-state index in [4.69, 9.17) is 5.26 Å². The molecular weight excluding hydrogens is 196 g/mol. The van der Waals surface area contributed by atoms with Crippen molar-refractivity contribution in [2.45, 2.75) is 6.54 Å². The van der Waals surface area contributed by atoms with Gasteiger partial charge in [0.2, 0.25) is 16.4 Å². The van der Waals surface area contributed by atoms with Gasteiger partial charge in [-0.15, -0.1) is 0 Å². The predicted molar refractivity (Wildman–Crippen MR) is 40.5 cm³/mol. The molecule has 8 heteroatoms. The molecule has 1 heterocycles. The van der Waals surface area contributed by atoms with Gasteiger partial charge in [-0.1, -0.05) is 5.16 Å². The van der Waals surface area contributed by atoms with E-state index in [1.807, 2.05) is 0 Å². The molecule has 0 aliphatic heterocycles. The van der Waals surface area contributed by atoms with Crippen LogP contribution in [-0.4, -0.2) is 24.3 Å². The van der Waals surface area contributed by atoms with Crippen molar-refractivity contribution in [3.63, 3.8) is 0 Å². The zero-order valence-corrected chi connectivity index (χ0v) is 7.28. The first-order chi connectivity index (χ1) is 6.14. The number of rotatable bonds is 4. The Balaban J connectivity index is 2.49.